The molecule has 1 aliphatic heterocycles. The fraction of sp³-hybridized carbons (Fsp3) is 1.00. The molecule has 0 N–H and O–H groups in total. The molecule has 1 heterocycles. The molecule has 0 aromatic heterocycles. The van der Waals surface area contributed by atoms with E-state index in [-0.39, 0.29) is 0 Å². The highest BCUT2D eigenvalue weighted by atomic mass is 35.5. The van der Waals surface area contributed by atoms with Gasteiger partial charge in [0.05, 0.1) is 33.0 Å². The molecule has 1 aliphatic rings. The van der Waals surface area contributed by atoms with Gasteiger partial charge in [0.25, 0.3) is 0 Å². The van der Waals surface area contributed by atoms with Gasteiger partial charge in [-0.25, -0.2) is 0 Å². The van der Waals surface area contributed by atoms with E-state index in [1.807, 2.05) is 0 Å². The Morgan fingerprint density at radius 1 is 1.40 bits per heavy atom. The average molecular weight is 238 g/mol. The van der Waals surface area contributed by atoms with Gasteiger partial charge in [0, 0.05) is 32.1 Å². The number of morpholine rings is 1. The van der Waals surface area contributed by atoms with E-state index >= 15 is 0 Å². The highest BCUT2D eigenvalue weighted by Crippen LogP contribution is 2.07. The fourth-order valence-corrected chi connectivity index (χ4v) is 1.84. The second-order valence-electron chi connectivity index (χ2n) is 3.52. The topological polar surface area (TPSA) is 30.9 Å². The third-order valence-electron chi connectivity index (χ3n) is 2.48. The Bertz CT molecular complexity index is 160. The normalized spacial score (nSPS) is 23.2. The molecule has 0 aliphatic carbocycles. The lowest BCUT2D eigenvalue weighted by Gasteiger charge is -2.34. The predicted molar refractivity (Wildman–Crippen MR) is 59.6 cm³/mol. The summed E-state index contributed by atoms with van der Waals surface area (Å²) in [6.07, 6.45) is 0. The summed E-state index contributed by atoms with van der Waals surface area (Å²) < 4.78 is 15.7. The van der Waals surface area contributed by atoms with Crippen LogP contribution in [0.4, 0.5) is 0 Å². The molecule has 15 heavy (non-hydrogen) atoms. The summed E-state index contributed by atoms with van der Waals surface area (Å²) in [6, 6.07) is 0.339. The number of hydrogen-bond donors (Lipinski definition) is 0. The van der Waals surface area contributed by atoms with Crippen molar-refractivity contribution in [2.45, 2.75) is 6.04 Å². The van der Waals surface area contributed by atoms with Crippen molar-refractivity contribution in [3.05, 3.63) is 0 Å². The molecule has 0 radical (unpaired) electrons. The molecule has 90 valence electrons. The van der Waals surface area contributed by atoms with Crippen LogP contribution >= 0.6 is 11.6 Å². The maximum absolute atomic E-state index is 5.86. The summed E-state index contributed by atoms with van der Waals surface area (Å²) >= 11 is 5.86. The van der Waals surface area contributed by atoms with E-state index in [2.05, 4.69) is 4.90 Å². The van der Waals surface area contributed by atoms with Gasteiger partial charge in [-0.15, -0.1) is 11.6 Å². The van der Waals surface area contributed by atoms with Crippen LogP contribution in [0.15, 0.2) is 0 Å². The van der Waals surface area contributed by atoms with E-state index in [4.69, 9.17) is 25.8 Å². The standard InChI is InChI=1S/C10H20ClNO3/c1-13-6-7-14-4-2-12-3-5-15-9-10(12)8-11/h10H,2-9H2,1H3. The molecule has 1 unspecified atom stereocenters. The van der Waals surface area contributed by atoms with E-state index in [0.29, 0.717) is 25.1 Å². The van der Waals surface area contributed by atoms with Gasteiger partial charge in [-0.2, -0.15) is 0 Å². The molecule has 1 saturated heterocycles. The second-order valence-corrected chi connectivity index (χ2v) is 3.83. The quantitative estimate of drug-likeness (QED) is 0.479. The summed E-state index contributed by atoms with van der Waals surface area (Å²) in [5.74, 6) is 0.623. The predicted octanol–water partition coefficient (Wildman–Crippen LogP) is 0.589. The van der Waals surface area contributed by atoms with E-state index in [1.165, 1.54) is 0 Å². The third kappa shape index (κ3) is 5.13. The molecule has 1 atom stereocenters. The molecule has 0 aromatic carbocycles. The summed E-state index contributed by atoms with van der Waals surface area (Å²) in [5.41, 5.74) is 0. The molecule has 0 spiro atoms. The van der Waals surface area contributed by atoms with Crippen molar-refractivity contribution < 1.29 is 14.2 Å². The van der Waals surface area contributed by atoms with Crippen LogP contribution in [-0.2, 0) is 14.2 Å². The zero-order chi connectivity index (χ0) is 10.9. The lowest BCUT2D eigenvalue weighted by Crippen LogP contribution is -2.47. The van der Waals surface area contributed by atoms with Gasteiger partial charge in [-0.3, -0.25) is 4.90 Å². The van der Waals surface area contributed by atoms with Crippen LogP contribution in [0.2, 0.25) is 0 Å². The van der Waals surface area contributed by atoms with Crippen molar-refractivity contribution in [1.29, 1.82) is 0 Å². The number of methoxy groups -OCH3 is 1. The Morgan fingerprint density at radius 2 is 2.27 bits per heavy atom. The van der Waals surface area contributed by atoms with Crippen LogP contribution in [0.25, 0.3) is 0 Å². The highest BCUT2D eigenvalue weighted by molar-refractivity contribution is 6.18. The van der Waals surface area contributed by atoms with Crippen LogP contribution in [0.3, 0.4) is 0 Å². The minimum atomic E-state index is 0.339. The van der Waals surface area contributed by atoms with Gasteiger partial charge in [0.2, 0.25) is 0 Å². The average Bonchev–Trinajstić information content (AvgIpc) is 2.29. The van der Waals surface area contributed by atoms with Crippen molar-refractivity contribution in [3.8, 4) is 0 Å². The number of nitrogens with zero attached hydrogens (tertiary/aromatic N) is 1. The number of ether oxygens (including phenoxy) is 3. The fourth-order valence-electron chi connectivity index (χ4n) is 1.55. The SMILES string of the molecule is COCCOCCN1CCOCC1CCl. The van der Waals surface area contributed by atoms with E-state index in [9.17, 15) is 0 Å². The Labute approximate surface area is 96.4 Å². The molecular weight excluding hydrogens is 218 g/mol. The molecule has 0 bridgehead atoms. The minimum Gasteiger partial charge on any atom is -0.382 e. The van der Waals surface area contributed by atoms with Crippen molar-refractivity contribution in [1.82, 2.24) is 4.90 Å². The molecule has 0 amide bonds. The smallest absolute Gasteiger partial charge is 0.0700 e. The molecule has 1 fully saturated rings. The van der Waals surface area contributed by atoms with Crippen molar-refractivity contribution in [2.24, 2.45) is 0 Å². The first-order chi connectivity index (χ1) is 7.38. The highest BCUT2D eigenvalue weighted by Gasteiger charge is 2.21. The first kappa shape index (κ1) is 13.2. The molecule has 4 nitrogen and oxygen atoms in total. The zero-order valence-electron chi connectivity index (χ0n) is 9.28. The van der Waals surface area contributed by atoms with E-state index in [0.717, 1.165) is 32.9 Å². The van der Waals surface area contributed by atoms with Gasteiger partial charge in [0.1, 0.15) is 0 Å². The lowest BCUT2D eigenvalue weighted by molar-refractivity contribution is -0.0164. The Morgan fingerprint density at radius 3 is 3.00 bits per heavy atom. The minimum absolute atomic E-state index is 0.339. The van der Waals surface area contributed by atoms with Crippen molar-refractivity contribution in [2.75, 3.05) is 59.1 Å². The number of alkyl halides is 1. The Balaban J connectivity index is 2.07. The van der Waals surface area contributed by atoms with E-state index in [1.54, 1.807) is 7.11 Å². The van der Waals surface area contributed by atoms with E-state index < -0.39 is 0 Å². The van der Waals surface area contributed by atoms with Gasteiger partial charge in [-0.05, 0) is 0 Å². The molecule has 0 saturated carbocycles. The maximum atomic E-state index is 5.86. The van der Waals surface area contributed by atoms with Crippen LogP contribution in [0, 0.1) is 0 Å². The second kappa shape index (κ2) is 8.30. The van der Waals surface area contributed by atoms with Gasteiger partial charge in [0.15, 0.2) is 0 Å². The number of hydrogen-bond acceptors (Lipinski definition) is 4. The number of halogens is 1. The molecular formula is C10H20ClNO3. The Kier molecular flexibility index (Phi) is 7.30. The summed E-state index contributed by atoms with van der Waals surface area (Å²) in [7, 11) is 1.68. The van der Waals surface area contributed by atoms with Gasteiger partial charge < -0.3 is 14.2 Å². The van der Waals surface area contributed by atoms with Crippen molar-refractivity contribution in [3.63, 3.8) is 0 Å². The first-order valence-electron chi connectivity index (χ1n) is 5.33. The molecule has 5 heteroatoms. The lowest BCUT2D eigenvalue weighted by atomic mass is 10.2. The van der Waals surface area contributed by atoms with Crippen LogP contribution < -0.4 is 0 Å². The maximum Gasteiger partial charge on any atom is 0.0700 e. The monoisotopic (exact) mass is 237 g/mol. The summed E-state index contributed by atoms with van der Waals surface area (Å²) in [5, 5.41) is 0. The summed E-state index contributed by atoms with van der Waals surface area (Å²) in [4.78, 5) is 2.32. The first-order valence-corrected chi connectivity index (χ1v) is 5.86. The van der Waals surface area contributed by atoms with Gasteiger partial charge in [-0.1, -0.05) is 0 Å². The zero-order valence-corrected chi connectivity index (χ0v) is 10.0. The third-order valence-corrected chi connectivity index (χ3v) is 2.84. The van der Waals surface area contributed by atoms with Crippen LogP contribution in [0.1, 0.15) is 0 Å². The largest absolute Gasteiger partial charge is 0.382 e. The number of rotatable bonds is 7. The summed E-state index contributed by atoms with van der Waals surface area (Å²) in [6.45, 7) is 5.45. The van der Waals surface area contributed by atoms with Gasteiger partial charge >= 0.3 is 0 Å². The van der Waals surface area contributed by atoms with Crippen LogP contribution in [0.5, 0.6) is 0 Å². The molecule has 0 aromatic rings. The molecule has 1 rings (SSSR count). The van der Waals surface area contributed by atoms with Crippen LogP contribution in [-0.4, -0.2) is 70.1 Å². The Hall–Kier alpha value is 0.130. The van der Waals surface area contributed by atoms with Crippen molar-refractivity contribution >= 4 is 11.6 Å².